The molecule has 0 saturated carbocycles. The zero-order valence-electron chi connectivity index (χ0n) is 9.19. The van der Waals surface area contributed by atoms with Crippen LogP contribution >= 0.6 is 23.1 Å². The number of hydrogen-bond acceptors (Lipinski definition) is 5. The van der Waals surface area contributed by atoms with Crippen molar-refractivity contribution in [2.45, 2.75) is 12.2 Å². The lowest BCUT2D eigenvalue weighted by Gasteiger charge is -2.07. The fraction of sp³-hybridized carbons (Fsp3) is 0.444. The number of aromatic nitrogens is 1. The molecule has 0 atom stereocenters. The Bertz CT molecular complexity index is 389. The van der Waals surface area contributed by atoms with Crippen molar-refractivity contribution in [3.63, 3.8) is 0 Å². The molecule has 16 heavy (non-hydrogen) atoms. The maximum atomic E-state index is 11.4. The Hall–Kier alpha value is -1.08. The van der Waals surface area contributed by atoms with Gasteiger partial charge in [0.05, 0.1) is 12.1 Å². The first-order valence-electron chi connectivity index (χ1n) is 4.59. The lowest BCUT2D eigenvalue weighted by Crippen LogP contribution is -2.23. The van der Waals surface area contributed by atoms with Crippen molar-refractivity contribution in [1.29, 1.82) is 5.41 Å². The van der Waals surface area contributed by atoms with E-state index in [1.165, 1.54) is 23.1 Å². The summed E-state index contributed by atoms with van der Waals surface area (Å²) in [6.07, 6.45) is 0.336. The fourth-order valence-corrected chi connectivity index (χ4v) is 2.28. The molecule has 0 radical (unpaired) electrons. The van der Waals surface area contributed by atoms with E-state index in [9.17, 15) is 4.79 Å². The largest absolute Gasteiger partial charge is 0.379 e. The molecule has 0 aromatic carbocycles. The van der Waals surface area contributed by atoms with Crippen LogP contribution in [0.15, 0.2) is 5.38 Å². The summed E-state index contributed by atoms with van der Waals surface area (Å²) in [7, 11) is 3.45. The van der Waals surface area contributed by atoms with Gasteiger partial charge in [0.15, 0.2) is 5.17 Å². The number of nitrogens with one attached hydrogen (secondary N) is 1. The molecule has 1 aromatic rings. The Labute approximate surface area is 103 Å². The monoisotopic (exact) mass is 258 g/mol. The summed E-state index contributed by atoms with van der Waals surface area (Å²) in [5, 5.41) is 9.86. The minimum absolute atomic E-state index is 0.0418. The molecule has 0 fully saturated rings. The number of carbonyl (C=O) groups is 1. The number of amidine groups is 1. The summed E-state index contributed by atoms with van der Waals surface area (Å²) >= 11 is 2.70. The number of nitrogens with zero attached hydrogens (tertiary/aromatic N) is 2. The first-order valence-corrected chi connectivity index (χ1v) is 6.46. The number of rotatable bonds is 4. The highest BCUT2D eigenvalue weighted by Gasteiger charge is 2.09. The normalized spacial score (nSPS) is 10.1. The van der Waals surface area contributed by atoms with Gasteiger partial charge in [-0.05, 0) is 0 Å². The molecule has 1 rings (SSSR count). The van der Waals surface area contributed by atoms with Crippen LogP contribution in [0.4, 0.5) is 0 Å². The average Bonchev–Trinajstić information content (AvgIpc) is 2.62. The van der Waals surface area contributed by atoms with Crippen LogP contribution in [0.25, 0.3) is 0 Å². The van der Waals surface area contributed by atoms with Crippen molar-refractivity contribution in [3.8, 4) is 0 Å². The molecule has 0 bridgehead atoms. The van der Waals surface area contributed by atoms with E-state index in [-0.39, 0.29) is 11.1 Å². The molecule has 1 aromatic heterocycles. The van der Waals surface area contributed by atoms with Gasteiger partial charge in [0, 0.05) is 25.2 Å². The van der Waals surface area contributed by atoms with Crippen molar-refractivity contribution in [2.75, 3.05) is 14.1 Å². The van der Waals surface area contributed by atoms with E-state index in [0.717, 1.165) is 10.7 Å². The molecule has 0 saturated heterocycles. The van der Waals surface area contributed by atoms with E-state index < -0.39 is 0 Å². The van der Waals surface area contributed by atoms with Crippen molar-refractivity contribution in [2.24, 2.45) is 5.73 Å². The Balaban J connectivity index is 2.51. The second-order valence-electron chi connectivity index (χ2n) is 3.35. The Kier molecular flexibility index (Phi) is 4.75. The van der Waals surface area contributed by atoms with E-state index in [1.807, 2.05) is 5.38 Å². The van der Waals surface area contributed by atoms with Gasteiger partial charge in [0.1, 0.15) is 5.01 Å². The predicted octanol–water partition coefficient (Wildman–Crippen LogP) is 0.900. The summed E-state index contributed by atoms with van der Waals surface area (Å²) in [5.74, 6) is 0.627. The van der Waals surface area contributed by atoms with E-state index in [1.54, 1.807) is 19.0 Å². The van der Waals surface area contributed by atoms with Crippen LogP contribution in [0.3, 0.4) is 0 Å². The van der Waals surface area contributed by atoms with Crippen LogP contribution in [0.5, 0.6) is 0 Å². The Morgan fingerprint density at radius 2 is 2.38 bits per heavy atom. The zero-order valence-corrected chi connectivity index (χ0v) is 10.8. The summed E-state index contributed by atoms with van der Waals surface area (Å²) in [4.78, 5) is 17.3. The van der Waals surface area contributed by atoms with E-state index in [4.69, 9.17) is 11.1 Å². The molecule has 0 aliphatic carbocycles. The van der Waals surface area contributed by atoms with Gasteiger partial charge < -0.3 is 10.6 Å². The van der Waals surface area contributed by atoms with Gasteiger partial charge in [-0.1, -0.05) is 11.8 Å². The van der Waals surface area contributed by atoms with Gasteiger partial charge in [-0.15, -0.1) is 11.3 Å². The molecule has 3 N–H and O–H groups in total. The first kappa shape index (κ1) is 13.0. The van der Waals surface area contributed by atoms with Crippen molar-refractivity contribution >= 4 is 34.2 Å². The number of thiazole rings is 1. The second kappa shape index (κ2) is 5.86. The number of nitrogens with two attached hydrogens (primary N) is 1. The summed E-state index contributed by atoms with van der Waals surface area (Å²) in [6, 6.07) is 0. The summed E-state index contributed by atoms with van der Waals surface area (Å²) in [5.41, 5.74) is 6.10. The maximum Gasteiger partial charge on any atom is 0.228 e. The molecule has 1 amide bonds. The predicted molar refractivity (Wildman–Crippen MR) is 67.7 cm³/mol. The van der Waals surface area contributed by atoms with Crippen molar-refractivity contribution in [3.05, 3.63) is 16.1 Å². The van der Waals surface area contributed by atoms with Crippen LogP contribution < -0.4 is 5.73 Å². The third-order valence-corrected chi connectivity index (χ3v) is 3.42. The van der Waals surface area contributed by atoms with E-state index >= 15 is 0 Å². The summed E-state index contributed by atoms with van der Waals surface area (Å²) in [6.45, 7) is 0. The highest BCUT2D eigenvalue weighted by molar-refractivity contribution is 8.13. The first-order chi connectivity index (χ1) is 7.49. The molecule has 0 spiro atoms. The lowest BCUT2D eigenvalue weighted by atomic mass is 10.4. The van der Waals surface area contributed by atoms with Gasteiger partial charge in [0.25, 0.3) is 0 Å². The topological polar surface area (TPSA) is 83.1 Å². The molecule has 7 heteroatoms. The summed E-state index contributed by atoms with van der Waals surface area (Å²) < 4.78 is 0. The Morgan fingerprint density at radius 3 is 2.94 bits per heavy atom. The maximum absolute atomic E-state index is 11.4. The van der Waals surface area contributed by atoms with Gasteiger partial charge >= 0.3 is 0 Å². The zero-order chi connectivity index (χ0) is 12.1. The van der Waals surface area contributed by atoms with E-state index in [0.29, 0.717) is 12.2 Å². The van der Waals surface area contributed by atoms with E-state index in [2.05, 4.69) is 4.98 Å². The van der Waals surface area contributed by atoms with Gasteiger partial charge in [0.2, 0.25) is 5.91 Å². The van der Waals surface area contributed by atoms with Crippen LogP contribution in [0, 0.1) is 5.41 Å². The minimum atomic E-state index is 0.0418. The molecule has 88 valence electrons. The third kappa shape index (κ3) is 4.19. The molecular formula is C9H14N4OS2. The SMILES string of the molecule is CN(C)C(=O)Cc1nc(CSC(=N)N)cs1. The highest BCUT2D eigenvalue weighted by Crippen LogP contribution is 2.16. The van der Waals surface area contributed by atoms with Crippen LogP contribution in [0.2, 0.25) is 0 Å². The molecule has 0 unspecified atom stereocenters. The van der Waals surface area contributed by atoms with Crippen molar-refractivity contribution in [1.82, 2.24) is 9.88 Å². The average molecular weight is 258 g/mol. The smallest absolute Gasteiger partial charge is 0.228 e. The molecule has 0 aliphatic rings. The minimum Gasteiger partial charge on any atom is -0.379 e. The number of thioether (sulfide) groups is 1. The van der Waals surface area contributed by atoms with Crippen LogP contribution in [-0.4, -0.2) is 35.1 Å². The van der Waals surface area contributed by atoms with Crippen molar-refractivity contribution < 1.29 is 4.79 Å². The standard InChI is InChI=1S/C9H14N4OS2/c1-13(2)8(14)3-7-12-6(4-15-7)5-16-9(10)11/h4H,3,5H2,1-2H3,(H3,10,11). The molecular weight excluding hydrogens is 244 g/mol. The number of likely N-dealkylation sites (N-methyl/N-ethyl adjacent to an activating group) is 1. The second-order valence-corrected chi connectivity index (χ2v) is 5.31. The number of carbonyl (C=O) groups excluding carboxylic acids is 1. The lowest BCUT2D eigenvalue weighted by molar-refractivity contribution is -0.127. The third-order valence-electron chi connectivity index (χ3n) is 1.78. The highest BCUT2D eigenvalue weighted by atomic mass is 32.2. The number of hydrogen-bond donors (Lipinski definition) is 2. The molecule has 1 heterocycles. The van der Waals surface area contributed by atoms with Gasteiger partial charge in [-0.25, -0.2) is 4.98 Å². The van der Waals surface area contributed by atoms with Gasteiger partial charge in [-0.3, -0.25) is 10.2 Å². The van der Waals surface area contributed by atoms with Gasteiger partial charge in [-0.2, -0.15) is 0 Å². The van der Waals surface area contributed by atoms with Crippen LogP contribution in [-0.2, 0) is 17.0 Å². The molecule has 5 nitrogen and oxygen atoms in total. The Morgan fingerprint density at radius 1 is 1.69 bits per heavy atom. The quantitative estimate of drug-likeness (QED) is 0.621. The molecule has 0 aliphatic heterocycles. The number of amides is 1. The fourth-order valence-electron chi connectivity index (χ4n) is 0.936. The van der Waals surface area contributed by atoms with Crippen LogP contribution in [0.1, 0.15) is 10.7 Å².